The van der Waals surface area contributed by atoms with Gasteiger partial charge in [0.15, 0.2) is 5.72 Å². The number of carbonyl (C=O) groups is 2. The molecule has 0 fully saturated rings. The Bertz CT molecular complexity index is 513. The molecule has 2 rings (SSSR count). The second-order valence-electron chi connectivity index (χ2n) is 4.59. The maximum Gasteiger partial charge on any atom is 0.221 e. The van der Waals surface area contributed by atoms with Gasteiger partial charge in [0.1, 0.15) is 0 Å². The van der Waals surface area contributed by atoms with E-state index in [0.29, 0.717) is 24.1 Å². The van der Waals surface area contributed by atoms with Gasteiger partial charge in [-0.3, -0.25) is 9.59 Å². The van der Waals surface area contributed by atoms with Gasteiger partial charge < -0.3 is 15.7 Å². The Labute approximate surface area is 105 Å². The van der Waals surface area contributed by atoms with Gasteiger partial charge in [0.05, 0.1) is 0 Å². The quantitative estimate of drug-likeness (QED) is 0.680. The molecule has 1 aromatic rings. The Kier molecular flexibility index (Phi) is 3.09. The van der Waals surface area contributed by atoms with Crippen molar-refractivity contribution in [2.24, 2.45) is 0 Å². The normalized spacial score (nSPS) is 21.3. The van der Waals surface area contributed by atoms with Gasteiger partial charge in [-0.05, 0) is 24.1 Å². The summed E-state index contributed by atoms with van der Waals surface area (Å²) in [5.41, 5.74) is 1.06. The van der Waals surface area contributed by atoms with E-state index in [4.69, 9.17) is 0 Å². The maximum atomic E-state index is 11.1. The predicted molar refractivity (Wildman–Crippen MR) is 66.8 cm³/mol. The first kappa shape index (κ1) is 12.6. The van der Waals surface area contributed by atoms with Crippen molar-refractivity contribution in [3.63, 3.8) is 0 Å². The van der Waals surface area contributed by atoms with E-state index in [0.717, 1.165) is 5.56 Å². The lowest BCUT2D eigenvalue weighted by Gasteiger charge is -2.24. The number of fused-ring (bicyclic) bond motifs is 1. The van der Waals surface area contributed by atoms with Gasteiger partial charge in [0, 0.05) is 31.5 Å². The SMILES string of the molecule is CC(=O)Nc1ccc2c(c1)CCC2(O)NC(C)=O. The van der Waals surface area contributed by atoms with E-state index in [9.17, 15) is 14.7 Å². The Balaban J connectivity index is 2.30. The lowest BCUT2D eigenvalue weighted by Crippen LogP contribution is -2.43. The van der Waals surface area contributed by atoms with Crippen molar-refractivity contribution in [2.45, 2.75) is 32.4 Å². The summed E-state index contributed by atoms with van der Waals surface area (Å²) in [6.07, 6.45) is 1.12. The Morgan fingerprint density at radius 3 is 2.61 bits per heavy atom. The molecular formula is C13H16N2O3. The molecule has 0 heterocycles. The first-order valence-corrected chi connectivity index (χ1v) is 5.83. The standard InChI is InChI=1S/C13H16N2O3/c1-8(16)14-11-3-4-12-10(7-11)5-6-13(12,18)15-9(2)17/h3-4,7,18H,5-6H2,1-2H3,(H,14,16)(H,15,17). The van der Waals surface area contributed by atoms with Crippen LogP contribution >= 0.6 is 0 Å². The molecule has 0 bridgehead atoms. The number of aryl methyl sites for hydroxylation is 1. The minimum absolute atomic E-state index is 0.134. The third kappa shape index (κ3) is 2.36. The molecule has 0 radical (unpaired) electrons. The summed E-state index contributed by atoms with van der Waals surface area (Å²) in [5.74, 6) is -0.402. The van der Waals surface area contributed by atoms with Crippen LogP contribution < -0.4 is 10.6 Å². The summed E-state index contributed by atoms with van der Waals surface area (Å²) >= 11 is 0. The van der Waals surface area contributed by atoms with E-state index in [2.05, 4.69) is 10.6 Å². The number of carbonyl (C=O) groups excluding carboxylic acids is 2. The van der Waals surface area contributed by atoms with Crippen LogP contribution in [0.25, 0.3) is 0 Å². The summed E-state index contributed by atoms with van der Waals surface area (Å²) in [6.45, 7) is 2.82. The number of hydrogen-bond donors (Lipinski definition) is 3. The number of benzene rings is 1. The van der Waals surface area contributed by atoms with Crippen molar-refractivity contribution >= 4 is 17.5 Å². The van der Waals surface area contributed by atoms with Crippen molar-refractivity contribution in [3.05, 3.63) is 29.3 Å². The molecule has 0 saturated carbocycles. The van der Waals surface area contributed by atoms with Gasteiger partial charge in [-0.25, -0.2) is 0 Å². The molecule has 5 nitrogen and oxygen atoms in total. The zero-order valence-electron chi connectivity index (χ0n) is 10.4. The van der Waals surface area contributed by atoms with Crippen molar-refractivity contribution < 1.29 is 14.7 Å². The second kappa shape index (κ2) is 4.42. The molecule has 0 saturated heterocycles. The van der Waals surface area contributed by atoms with Gasteiger partial charge in [-0.2, -0.15) is 0 Å². The van der Waals surface area contributed by atoms with E-state index >= 15 is 0 Å². The minimum Gasteiger partial charge on any atom is -0.367 e. The molecule has 18 heavy (non-hydrogen) atoms. The number of anilines is 1. The first-order valence-electron chi connectivity index (χ1n) is 5.83. The Morgan fingerprint density at radius 2 is 2.00 bits per heavy atom. The van der Waals surface area contributed by atoms with E-state index in [1.807, 2.05) is 6.07 Å². The first-order chi connectivity index (χ1) is 8.40. The smallest absolute Gasteiger partial charge is 0.221 e. The zero-order valence-corrected chi connectivity index (χ0v) is 10.4. The predicted octanol–water partition coefficient (Wildman–Crippen LogP) is 0.872. The molecule has 0 spiro atoms. The highest BCUT2D eigenvalue weighted by Gasteiger charge is 2.37. The molecule has 5 heteroatoms. The Hall–Kier alpha value is -1.88. The molecule has 1 aliphatic rings. The second-order valence-corrected chi connectivity index (χ2v) is 4.59. The van der Waals surface area contributed by atoms with Crippen LogP contribution in [-0.2, 0) is 21.7 Å². The average molecular weight is 248 g/mol. The van der Waals surface area contributed by atoms with Gasteiger partial charge >= 0.3 is 0 Å². The van der Waals surface area contributed by atoms with Crippen molar-refractivity contribution in [3.8, 4) is 0 Å². The summed E-state index contributed by atoms with van der Waals surface area (Å²) in [5, 5.41) is 15.6. The fourth-order valence-electron chi connectivity index (χ4n) is 2.36. The van der Waals surface area contributed by atoms with Crippen LogP contribution in [0.5, 0.6) is 0 Å². The van der Waals surface area contributed by atoms with Gasteiger partial charge in [0.25, 0.3) is 0 Å². The lowest BCUT2D eigenvalue weighted by atomic mass is 10.0. The largest absolute Gasteiger partial charge is 0.367 e. The van der Waals surface area contributed by atoms with E-state index in [1.54, 1.807) is 12.1 Å². The third-order valence-electron chi connectivity index (χ3n) is 3.01. The fraction of sp³-hybridized carbons (Fsp3) is 0.385. The summed E-state index contributed by atoms with van der Waals surface area (Å²) < 4.78 is 0. The summed E-state index contributed by atoms with van der Waals surface area (Å²) in [4.78, 5) is 22.1. The molecule has 1 unspecified atom stereocenters. The molecule has 1 aromatic carbocycles. The van der Waals surface area contributed by atoms with Crippen LogP contribution in [0.2, 0.25) is 0 Å². The molecule has 96 valence electrons. The molecule has 0 aliphatic heterocycles. The number of aliphatic hydroxyl groups is 1. The molecule has 2 amide bonds. The van der Waals surface area contributed by atoms with Crippen LogP contribution in [-0.4, -0.2) is 16.9 Å². The highest BCUT2D eigenvalue weighted by Crippen LogP contribution is 2.36. The summed E-state index contributed by atoms with van der Waals surface area (Å²) in [7, 11) is 0. The van der Waals surface area contributed by atoms with Crippen LogP contribution in [0.4, 0.5) is 5.69 Å². The molecular weight excluding hydrogens is 232 g/mol. The van der Waals surface area contributed by atoms with Gasteiger partial charge in [0.2, 0.25) is 11.8 Å². The topological polar surface area (TPSA) is 78.4 Å². The zero-order chi connectivity index (χ0) is 13.3. The van der Waals surface area contributed by atoms with Crippen molar-refractivity contribution in [1.82, 2.24) is 5.32 Å². The fourth-order valence-corrected chi connectivity index (χ4v) is 2.36. The highest BCUT2D eigenvalue weighted by atomic mass is 16.3. The molecule has 1 atom stereocenters. The maximum absolute atomic E-state index is 11.1. The molecule has 3 N–H and O–H groups in total. The summed E-state index contributed by atoms with van der Waals surface area (Å²) in [6, 6.07) is 5.29. The molecule has 0 aromatic heterocycles. The third-order valence-corrected chi connectivity index (χ3v) is 3.01. The average Bonchev–Trinajstić information content (AvgIpc) is 2.54. The lowest BCUT2D eigenvalue weighted by molar-refractivity contribution is -0.127. The Morgan fingerprint density at radius 1 is 1.28 bits per heavy atom. The van der Waals surface area contributed by atoms with E-state index in [1.165, 1.54) is 13.8 Å². The number of nitrogens with one attached hydrogen (secondary N) is 2. The van der Waals surface area contributed by atoms with Gasteiger partial charge in [-0.15, -0.1) is 0 Å². The van der Waals surface area contributed by atoms with Crippen LogP contribution in [0, 0.1) is 0 Å². The van der Waals surface area contributed by atoms with Crippen molar-refractivity contribution in [1.29, 1.82) is 0 Å². The number of amides is 2. The van der Waals surface area contributed by atoms with Crippen molar-refractivity contribution in [2.75, 3.05) is 5.32 Å². The molecule has 1 aliphatic carbocycles. The van der Waals surface area contributed by atoms with Crippen LogP contribution in [0.1, 0.15) is 31.4 Å². The van der Waals surface area contributed by atoms with E-state index < -0.39 is 5.72 Å². The minimum atomic E-state index is -1.28. The van der Waals surface area contributed by atoms with Gasteiger partial charge in [-0.1, -0.05) is 6.07 Å². The van der Waals surface area contributed by atoms with Crippen LogP contribution in [0.15, 0.2) is 18.2 Å². The monoisotopic (exact) mass is 248 g/mol. The van der Waals surface area contributed by atoms with Crippen LogP contribution in [0.3, 0.4) is 0 Å². The number of hydrogen-bond acceptors (Lipinski definition) is 3. The number of rotatable bonds is 2. The highest BCUT2D eigenvalue weighted by molar-refractivity contribution is 5.88. The van der Waals surface area contributed by atoms with E-state index in [-0.39, 0.29) is 11.8 Å².